The van der Waals surface area contributed by atoms with Crippen molar-refractivity contribution in [3.63, 3.8) is 0 Å². The van der Waals surface area contributed by atoms with Crippen molar-refractivity contribution in [3.8, 4) is 0 Å². The topological polar surface area (TPSA) is 60.2 Å². The largest absolute Gasteiger partial charge is 0.381 e. The van der Waals surface area contributed by atoms with Crippen molar-refractivity contribution in [1.29, 1.82) is 0 Å². The average Bonchev–Trinajstić information content (AvgIpc) is 3.12. The van der Waals surface area contributed by atoms with Crippen LogP contribution >= 0.6 is 0 Å². The molecule has 0 radical (unpaired) electrons. The molecular weight excluding hydrogens is 244 g/mol. The van der Waals surface area contributed by atoms with Crippen molar-refractivity contribution in [1.82, 2.24) is 19.7 Å². The Morgan fingerprint density at radius 1 is 1.21 bits per heavy atom. The van der Waals surface area contributed by atoms with E-state index in [0.29, 0.717) is 18.4 Å². The molecule has 3 rings (SSSR count). The Kier molecular flexibility index (Phi) is 3.77. The maximum Gasteiger partial charge on any atom is 0.222 e. The third-order valence-electron chi connectivity index (χ3n) is 4.16. The van der Waals surface area contributed by atoms with Crippen molar-refractivity contribution >= 4 is 5.91 Å². The van der Waals surface area contributed by atoms with Crippen LogP contribution in [0.15, 0.2) is 12.7 Å². The fraction of sp³-hybridized carbons (Fsp3) is 0.769. The number of carbonyl (C=O) groups excluding carboxylic acids is 1. The van der Waals surface area contributed by atoms with E-state index in [1.54, 1.807) is 12.7 Å². The van der Waals surface area contributed by atoms with Gasteiger partial charge in [0.1, 0.15) is 12.7 Å². The molecule has 2 aliphatic rings. The number of aromatic nitrogens is 3. The Morgan fingerprint density at radius 2 is 1.95 bits per heavy atom. The second-order valence-corrected chi connectivity index (χ2v) is 5.45. The first-order valence-electron chi connectivity index (χ1n) is 7.02. The van der Waals surface area contributed by atoms with E-state index in [-0.39, 0.29) is 5.91 Å². The number of piperidine rings is 1. The Bertz CT molecular complexity index is 406. The van der Waals surface area contributed by atoms with Gasteiger partial charge in [-0.1, -0.05) is 0 Å². The van der Waals surface area contributed by atoms with E-state index in [1.807, 2.05) is 9.47 Å². The zero-order valence-corrected chi connectivity index (χ0v) is 11.1. The minimum absolute atomic E-state index is 0.290. The number of carbonyl (C=O) groups is 1. The smallest absolute Gasteiger partial charge is 0.222 e. The molecule has 0 aliphatic carbocycles. The number of amides is 1. The van der Waals surface area contributed by atoms with E-state index < -0.39 is 0 Å². The van der Waals surface area contributed by atoms with Crippen LogP contribution in [-0.2, 0) is 9.53 Å². The summed E-state index contributed by atoms with van der Waals surface area (Å²) in [6.07, 6.45) is 7.19. The van der Waals surface area contributed by atoms with Crippen LogP contribution in [0.3, 0.4) is 0 Å². The predicted octanol–water partition coefficient (Wildman–Crippen LogP) is 0.868. The molecule has 2 aliphatic heterocycles. The van der Waals surface area contributed by atoms with Gasteiger partial charge < -0.3 is 14.2 Å². The SMILES string of the molecule is O=C(C[C@@H]1CCOC1)N1CCC(n2cnnc2)CC1. The lowest BCUT2D eigenvalue weighted by atomic mass is 10.0. The number of hydrogen-bond donors (Lipinski definition) is 0. The zero-order valence-electron chi connectivity index (χ0n) is 11.1. The van der Waals surface area contributed by atoms with E-state index in [4.69, 9.17) is 4.74 Å². The molecule has 1 aromatic heterocycles. The normalized spacial score (nSPS) is 24.8. The molecule has 6 heteroatoms. The number of ether oxygens (including phenoxy) is 1. The van der Waals surface area contributed by atoms with E-state index >= 15 is 0 Å². The fourth-order valence-corrected chi connectivity index (χ4v) is 2.93. The maximum atomic E-state index is 12.2. The highest BCUT2D eigenvalue weighted by atomic mass is 16.5. The predicted molar refractivity (Wildman–Crippen MR) is 68.4 cm³/mol. The van der Waals surface area contributed by atoms with Crippen LogP contribution in [-0.4, -0.2) is 51.9 Å². The summed E-state index contributed by atoms with van der Waals surface area (Å²) in [6, 6.07) is 0.439. The first-order chi connectivity index (χ1) is 9.33. The van der Waals surface area contributed by atoms with Gasteiger partial charge in [-0.2, -0.15) is 0 Å². The van der Waals surface area contributed by atoms with E-state index in [0.717, 1.165) is 45.6 Å². The molecule has 1 aromatic rings. The van der Waals surface area contributed by atoms with Crippen LogP contribution in [0.25, 0.3) is 0 Å². The summed E-state index contributed by atoms with van der Waals surface area (Å²) in [4.78, 5) is 14.2. The second-order valence-electron chi connectivity index (χ2n) is 5.45. The molecule has 1 atom stereocenters. The van der Waals surface area contributed by atoms with Crippen molar-refractivity contribution in [2.24, 2.45) is 5.92 Å². The van der Waals surface area contributed by atoms with E-state index in [2.05, 4.69) is 10.2 Å². The van der Waals surface area contributed by atoms with Gasteiger partial charge >= 0.3 is 0 Å². The quantitative estimate of drug-likeness (QED) is 0.812. The highest BCUT2D eigenvalue weighted by molar-refractivity contribution is 5.76. The second kappa shape index (κ2) is 5.69. The molecule has 0 saturated carbocycles. The summed E-state index contributed by atoms with van der Waals surface area (Å²) in [7, 11) is 0. The molecule has 104 valence electrons. The molecule has 19 heavy (non-hydrogen) atoms. The highest BCUT2D eigenvalue weighted by Crippen LogP contribution is 2.24. The minimum Gasteiger partial charge on any atom is -0.381 e. The lowest BCUT2D eigenvalue weighted by molar-refractivity contribution is -0.133. The van der Waals surface area contributed by atoms with Gasteiger partial charge in [0.05, 0.1) is 0 Å². The Labute approximate surface area is 112 Å². The molecule has 0 N–H and O–H groups in total. The van der Waals surface area contributed by atoms with E-state index in [1.165, 1.54) is 0 Å². The summed E-state index contributed by atoms with van der Waals surface area (Å²) in [5.74, 6) is 0.723. The molecule has 2 saturated heterocycles. The summed E-state index contributed by atoms with van der Waals surface area (Å²) in [6.45, 7) is 3.25. The Balaban J connectivity index is 1.48. The fourth-order valence-electron chi connectivity index (χ4n) is 2.93. The van der Waals surface area contributed by atoms with Gasteiger partial charge in [-0.15, -0.1) is 10.2 Å². The first-order valence-corrected chi connectivity index (χ1v) is 7.02. The lowest BCUT2D eigenvalue weighted by Crippen LogP contribution is -2.39. The molecule has 3 heterocycles. The number of rotatable bonds is 3. The lowest BCUT2D eigenvalue weighted by Gasteiger charge is -2.32. The van der Waals surface area contributed by atoms with Crippen LogP contribution < -0.4 is 0 Å². The number of likely N-dealkylation sites (tertiary alicyclic amines) is 1. The summed E-state index contributed by atoms with van der Waals surface area (Å²) >= 11 is 0. The van der Waals surface area contributed by atoms with Crippen LogP contribution in [0.2, 0.25) is 0 Å². The van der Waals surface area contributed by atoms with Gasteiger partial charge in [-0.05, 0) is 25.2 Å². The number of nitrogens with zero attached hydrogens (tertiary/aromatic N) is 4. The van der Waals surface area contributed by atoms with Crippen molar-refractivity contribution in [2.45, 2.75) is 31.7 Å². The summed E-state index contributed by atoms with van der Waals surface area (Å²) in [5.41, 5.74) is 0. The monoisotopic (exact) mass is 264 g/mol. The number of hydrogen-bond acceptors (Lipinski definition) is 4. The van der Waals surface area contributed by atoms with Crippen LogP contribution in [0.5, 0.6) is 0 Å². The molecule has 6 nitrogen and oxygen atoms in total. The molecule has 1 amide bonds. The third-order valence-corrected chi connectivity index (χ3v) is 4.16. The van der Waals surface area contributed by atoms with E-state index in [9.17, 15) is 4.79 Å². The van der Waals surface area contributed by atoms with Gasteiger partial charge in [0.15, 0.2) is 0 Å². The van der Waals surface area contributed by atoms with Gasteiger partial charge in [0.25, 0.3) is 0 Å². The molecular formula is C13H20N4O2. The van der Waals surface area contributed by atoms with Crippen LogP contribution in [0.4, 0.5) is 0 Å². The van der Waals surface area contributed by atoms with Gasteiger partial charge in [-0.25, -0.2) is 0 Å². The van der Waals surface area contributed by atoms with Crippen LogP contribution in [0.1, 0.15) is 31.7 Å². The maximum absolute atomic E-state index is 12.2. The standard InChI is InChI=1S/C13H20N4O2/c18-13(7-11-3-6-19-8-11)16-4-1-12(2-5-16)17-9-14-15-10-17/h9-12H,1-8H2/t11-/m0/s1. The van der Waals surface area contributed by atoms with Gasteiger partial charge in [0.2, 0.25) is 5.91 Å². The van der Waals surface area contributed by atoms with Crippen molar-refractivity contribution in [2.75, 3.05) is 26.3 Å². The molecule has 0 aromatic carbocycles. The van der Waals surface area contributed by atoms with Gasteiger partial charge in [-0.3, -0.25) is 4.79 Å². The highest BCUT2D eigenvalue weighted by Gasteiger charge is 2.26. The Hall–Kier alpha value is -1.43. The molecule has 0 unspecified atom stereocenters. The van der Waals surface area contributed by atoms with Crippen molar-refractivity contribution < 1.29 is 9.53 Å². The average molecular weight is 264 g/mol. The first kappa shape index (κ1) is 12.6. The molecule has 2 fully saturated rings. The van der Waals surface area contributed by atoms with Crippen LogP contribution in [0, 0.1) is 5.92 Å². The summed E-state index contributed by atoms with van der Waals surface area (Å²) < 4.78 is 7.37. The summed E-state index contributed by atoms with van der Waals surface area (Å²) in [5, 5.41) is 7.68. The molecule has 0 bridgehead atoms. The Morgan fingerprint density at radius 3 is 2.58 bits per heavy atom. The molecule has 0 spiro atoms. The minimum atomic E-state index is 0.290. The third kappa shape index (κ3) is 2.94. The zero-order chi connectivity index (χ0) is 13.1. The van der Waals surface area contributed by atoms with Crippen molar-refractivity contribution in [3.05, 3.63) is 12.7 Å². The van der Waals surface area contributed by atoms with Gasteiger partial charge in [0, 0.05) is 38.8 Å².